The molecule has 0 spiro atoms. The van der Waals surface area contributed by atoms with Gasteiger partial charge in [0.05, 0.1) is 5.69 Å². The SMILES string of the molecule is CCn1ccc(CNc2cc(Br)cnc2Cl)c1. The van der Waals surface area contributed by atoms with Crippen LogP contribution in [0.5, 0.6) is 0 Å². The minimum atomic E-state index is 0.489. The van der Waals surface area contributed by atoms with Gasteiger partial charge in [0.2, 0.25) is 0 Å². The summed E-state index contributed by atoms with van der Waals surface area (Å²) in [7, 11) is 0. The summed E-state index contributed by atoms with van der Waals surface area (Å²) in [6, 6.07) is 4.02. The molecule has 0 saturated carbocycles. The van der Waals surface area contributed by atoms with Crippen molar-refractivity contribution >= 4 is 33.2 Å². The van der Waals surface area contributed by atoms with Gasteiger partial charge in [-0.25, -0.2) is 4.98 Å². The normalized spacial score (nSPS) is 10.5. The van der Waals surface area contributed by atoms with Crippen molar-refractivity contribution in [3.63, 3.8) is 0 Å². The van der Waals surface area contributed by atoms with Crippen LogP contribution < -0.4 is 5.32 Å². The van der Waals surface area contributed by atoms with Gasteiger partial charge in [0, 0.05) is 36.2 Å². The predicted octanol–water partition coefficient (Wildman–Crippen LogP) is 3.93. The lowest BCUT2D eigenvalue weighted by atomic mass is 10.3. The number of nitrogens with one attached hydrogen (secondary N) is 1. The molecule has 5 heteroatoms. The van der Waals surface area contributed by atoms with E-state index in [1.165, 1.54) is 5.56 Å². The monoisotopic (exact) mass is 313 g/mol. The number of pyridine rings is 1. The van der Waals surface area contributed by atoms with Gasteiger partial charge >= 0.3 is 0 Å². The highest BCUT2D eigenvalue weighted by Crippen LogP contribution is 2.23. The summed E-state index contributed by atoms with van der Waals surface area (Å²) in [5.74, 6) is 0. The van der Waals surface area contributed by atoms with Crippen molar-refractivity contribution in [3.05, 3.63) is 45.9 Å². The fourth-order valence-electron chi connectivity index (χ4n) is 1.54. The summed E-state index contributed by atoms with van der Waals surface area (Å²) >= 11 is 9.37. The Labute approximate surface area is 114 Å². The number of hydrogen-bond donors (Lipinski definition) is 1. The van der Waals surface area contributed by atoms with Crippen LogP contribution >= 0.6 is 27.5 Å². The molecule has 17 heavy (non-hydrogen) atoms. The van der Waals surface area contributed by atoms with E-state index < -0.39 is 0 Å². The highest BCUT2D eigenvalue weighted by molar-refractivity contribution is 9.10. The molecule has 0 aliphatic heterocycles. The maximum absolute atomic E-state index is 6.00. The fraction of sp³-hybridized carbons (Fsp3) is 0.250. The van der Waals surface area contributed by atoms with Crippen LogP contribution in [0.15, 0.2) is 35.2 Å². The Balaban J connectivity index is 2.04. The van der Waals surface area contributed by atoms with E-state index in [2.05, 4.69) is 56.2 Å². The van der Waals surface area contributed by atoms with Crippen molar-refractivity contribution < 1.29 is 0 Å². The lowest BCUT2D eigenvalue weighted by Gasteiger charge is -2.06. The summed E-state index contributed by atoms with van der Waals surface area (Å²) in [4.78, 5) is 4.06. The van der Waals surface area contributed by atoms with Crippen LogP contribution in [-0.2, 0) is 13.1 Å². The van der Waals surface area contributed by atoms with Gasteiger partial charge in [0.25, 0.3) is 0 Å². The van der Waals surface area contributed by atoms with Crippen molar-refractivity contribution in [1.29, 1.82) is 0 Å². The van der Waals surface area contributed by atoms with Gasteiger partial charge < -0.3 is 9.88 Å². The van der Waals surface area contributed by atoms with Crippen molar-refractivity contribution in [2.24, 2.45) is 0 Å². The molecule has 0 bridgehead atoms. The van der Waals surface area contributed by atoms with E-state index in [1.807, 2.05) is 6.07 Å². The molecule has 0 aliphatic rings. The Morgan fingerprint density at radius 1 is 1.53 bits per heavy atom. The molecular weight excluding hydrogens is 302 g/mol. The largest absolute Gasteiger partial charge is 0.378 e. The zero-order chi connectivity index (χ0) is 12.3. The van der Waals surface area contributed by atoms with Gasteiger partial charge in [-0.3, -0.25) is 0 Å². The zero-order valence-corrected chi connectivity index (χ0v) is 11.8. The van der Waals surface area contributed by atoms with Crippen LogP contribution in [0.1, 0.15) is 12.5 Å². The highest BCUT2D eigenvalue weighted by Gasteiger charge is 2.02. The molecule has 90 valence electrons. The zero-order valence-electron chi connectivity index (χ0n) is 9.45. The van der Waals surface area contributed by atoms with E-state index >= 15 is 0 Å². The molecule has 0 saturated heterocycles. The molecule has 0 aliphatic carbocycles. The van der Waals surface area contributed by atoms with E-state index in [-0.39, 0.29) is 0 Å². The summed E-state index contributed by atoms with van der Waals surface area (Å²) in [6.07, 6.45) is 5.87. The molecule has 2 rings (SSSR count). The van der Waals surface area contributed by atoms with E-state index in [0.29, 0.717) is 5.15 Å². The van der Waals surface area contributed by atoms with Crippen molar-refractivity contribution in [3.8, 4) is 0 Å². The van der Waals surface area contributed by atoms with Crippen LogP contribution in [-0.4, -0.2) is 9.55 Å². The van der Waals surface area contributed by atoms with Crippen LogP contribution in [0, 0.1) is 0 Å². The molecule has 0 aromatic carbocycles. The number of rotatable bonds is 4. The van der Waals surface area contributed by atoms with Crippen LogP contribution in [0.3, 0.4) is 0 Å². The van der Waals surface area contributed by atoms with Crippen LogP contribution in [0.2, 0.25) is 5.15 Å². The maximum Gasteiger partial charge on any atom is 0.152 e. The van der Waals surface area contributed by atoms with Gasteiger partial charge in [0.1, 0.15) is 0 Å². The van der Waals surface area contributed by atoms with Gasteiger partial charge in [0.15, 0.2) is 5.15 Å². The smallest absolute Gasteiger partial charge is 0.152 e. The summed E-state index contributed by atoms with van der Waals surface area (Å²) in [6.45, 7) is 3.84. The maximum atomic E-state index is 6.00. The second kappa shape index (κ2) is 5.56. The minimum absolute atomic E-state index is 0.489. The summed E-state index contributed by atoms with van der Waals surface area (Å²) in [5.41, 5.74) is 2.06. The highest BCUT2D eigenvalue weighted by atomic mass is 79.9. The molecule has 1 N–H and O–H groups in total. The Kier molecular flexibility index (Phi) is 4.07. The molecule has 3 nitrogen and oxygen atoms in total. The van der Waals surface area contributed by atoms with Crippen molar-refractivity contribution in [2.75, 3.05) is 5.32 Å². The third-order valence-electron chi connectivity index (χ3n) is 2.47. The predicted molar refractivity (Wildman–Crippen MR) is 74.4 cm³/mol. The lowest BCUT2D eigenvalue weighted by molar-refractivity contribution is 0.766. The lowest BCUT2D eigenvalue weighted by Crippen LogP contribution is -2.00. The van der Waals surface area contributed by atoms with Crippen LogP contribution in [0.4, 0.5) is 5.69 Å². The first-order valence-electron chi connectivity index (χ1n) is 5.38. The van der Waals surface area contributed by atoms with E-state index in [1.54, 1.807) is 6.20 Å². The average molecular weight is 315 g/mol. The molecule has 0 amide bonds. The minimum Gasteiger partial charge on any atom is -0.378 e. The van der Waals surface area contributed by atoms with Gasteiger partial charge in [-0.15, -0.1) is 0 Å². The standard InChI is InChI=1S/C12H13BrClN3/c1-2-17-4-3-9(8-17)6-15-11-5-10(13)7-16-12(11)14/h3-5,7-8,15H,2,6H2,1H3. The van der Waals surface area contributed by atoms with Gasteiger partial charge in [-0.05, 0) is 40.5 Å². The Bertz CT molecular complexity index is 510. The Morgan fingerprint density at radius 3 is 3.06 bits per heavy atom. The quantitative estimate of drug-likeness (QED) is 0.867. The molecule has 0 fully saturated rings. The number of aromatic nitrogens is 2. The number of nitrogens with zero attached hydrogens (tertiary/aromatic N) is 2. The van der Waals surface area contributed by atoms with Crippen molar-refractivity contribution in [1.82, 2.24) is 9.55 Å². The molecule has 2 aromatic rings. The first kappa shape index (κ1) is 12.5. The molecule has 0 unspecified atom stereocenters. The van der Waals surface area contributed by atoms with Gasteiger partial charge in [-0.1, -0.05) is 11.6 Å². The number of anilines is 1. The number of aryl methyl sites for hydroxylation is 1. The van der Waals surface area contributed by atoms with E-state index in [0.717, 1.165) is 23.2 Å². The summed E-state index contributed by atoms with van der Waals surface area (Å²) < 4.78 is 3.05. The second-order valence-electron chi connectivity index (χ2n) is 3.70. The Hall–Kier alpha value is -1.00. The molecule has 0 radical (unpaired) electrons. The molecular formula is C12H13BrClN3. The average Bonchev–Trinajstić information content (AvgIpc) is 2.78. The van der Waals surface area contributed by atoms with E-state index in [4.69, 9.17) is 11.6 Å². The molecule has 2 aromatic heterocycles. The number of hydrogen-bond acceptors (Lipinski definition) is 2. The van der Waals surface area contributed by atoms with Crippen molar-refractivity contribution in [2.45, 2.75) is 20.0 Å². The van der Waals surface area contributed by atoms with Gasteiger partial charge in [-0.2, -0.15) is 0 Å². The third-order valence-corrected chi connectivity index (χ3v) is 3.20. The molecule has 0 atom stereocenters. The number of halogens is 2. The molecule has 2 heterocycles. The Morgan fingerprint density at radius 2 is 2.35 bits per heavy atom. The summed E-state index contributed by atoms with van der Waals surface area (Å²) in [5, 5.41) is 3.76. The van der Waals surface area contributed by atoms with E-state index in [9.17, 15) is 0 Å². The van der Waals surface area contributed by atoms with Crippen LogP contribution in [0.25, 0.3) is 0 Å². The topological polar surface area (TPSA) is 29.9 Å². The fourth-order valence-corrected chi connectivity index (χ4v) is 2.04. The first-order chi connectivity index (χ1) is 8.19. The second-order valence-corrected chi connectivity index (χ2v) is 4.97. The first-order valence-corrected chi connectivity index (χ1v) is 6.55. The third kappa shape index (κ3) is 3.23.